The van der Waals surface area contributed by atoms with Crippen molar-refractivity contribution >= 4 is 67.3 Å². The summed E-state index contributed by atoms with van der Waals surface area (Å²) < 4.78 is 58.8. The van der Waals surface area contributed by atoms with Gasteiger partial charge in [-0.3, -0.25) is 20.0 Å². The van der Waals surface area contributed by atoms with E-state index in [9.17, 15) is 16.8 Å². The van der Waals surface area contributed by atoms with E-state index in [1.807, 2.05) is 0 Å². The molecule has 24 heavy (non-hydrogen) atoms. The average molecular weight is 421 g/mol. The average Bonchev–Trinajstić information content (AvgIpc) is 2.39. The molecule has 0 aliphatic carbocycles. The Labute approximate surface area is 149 Å². The van der Waals surface area contributed by atoms with Crippen LogP contribution in [0.4, 0.5) is 0 Å². The van der Waals surface area contributed by atoms with Crippen molar-refractivity contribution in [3.63, 3.8) is 0 Å². The van der Waals surface area contributed by atoms with Crippen molar-refractivity contribution < 1.29 is 25.9 Å². The number of nitrogens with zero attached hydrogens (tertiary/aromatic N) is 2. The van der Waals surface area contributed by atoms with Crippen LogP contribution in [-0.4, -0.2) is 73.2 Å². The highest BCUT2D eigenvalue weighted by Crippen LogP contribution is 1.79. The zero-order valence-electron chi connectivity index (χ0n) is 12.0. The minimum atomic E-state index is -4.06. The van der Waals surface area contributed by atoms with Gasteiger partial charge in [-0.15, -0.1) is 0 Å². The van der Waals surface area contributed by atoms with Crippen molar-refractivity contribution in [2.45, 2.75) is 0 Å². The first-order valence-corrected chi connectivity index (χ1v) is 10.1. The summed E-state index contributed by atoms with van der Waals surface area (Å²) in [6.07, 6.45) is 2.40. The highest BCUT2D eigenvalue weighted by atomic mass is 32.2. The van der Waals surface area contributed by atoms with E-state index in [-0.39, 0.29) is 23.3 Å². The molecule has 16 heteroatoms. The van der Waals surface area contributed by atoms with Crippen LogP contribution in [0.1, 0.15) is 0 Å². The molecule has 6 N–H and O–H groups in total. The first-order chi connectivity index (χ1) is 11.0. The number of thiocarbonyl (C=S) groups is 2. The molecule has 0 fully saturated rings. The van der Waals surface area contributed by atoms with Gasteiger partial charge in [0.1, 0.15) is 0 Å². The van der Waals surface area contributed by atoms with Gasteiger partial charge in [-0.05, 0) is 24.4 Å². The molecule has 0 heterocycles. The molecule has 0 saturated carbocycles. The Kier molecular flexibility index (Phi) is 10.5. The van der Waals surface area contributed by atoms with Crippen molar-refractivity contribution in [1.29, 1.82) is 0 Å². The third-order valence-electron chi connectivity index (χ3n) is 1.84. The van der Waals surface area contributed by atoms with Crippen LogP contribution in [0.3, 0.4) is 0 Å². The highest BCUT2D eigenvalue weighted by Gasteiger charge is 2.04. The quantitative estimate of drug-likeness (QED) is 0.101. The van der Waals surface area contributed by atoms with Crippen LogP contribution in [0.5, 0.6) is 0 Å². The molecule has 0 aromatic rings. The lowest BCUT2D eigenvalue weighted by molar-refractivity contribution is 0.480. The number of rotatable bonds is 9. The molecule has 0 atom stereocenters. The van der Waals surface area contributed by atoms with Crippen molar-refractivity contribution in [2.75, 3.05) is 24.6 Å². The lowest BCUT2D eigenvalue weighted by Crippen LogP contribution is -2.35. The second kappa shape index (κ2) is 11.2. The second-order valence-corrected chi connectivity index (χ2v) is 7.82. The van der Waals surface area contributed by atoms with E-state index in [0.29, 0.717) is 0 Å². The molecule has 0 aromatic heterocycles. The zero-order chi connectivity index (χ0) is 18.6. The van der Waals surface area contributed by atoms with Gasteiger partial charge in [-0.2, -0.15) is 27.0 Å². The zero-order valence-corrected chi connectivity index (χ0v) is 15.3. The number of nitrogens with one attached hydrogen (secondary N) is 4. The molecule has 138 valence electrons. The fourth-order valence-corrected chi connectivity index (χ4v) is 1.95. The van der Waals surface area contributed by atoms with Gasteiger partial charge in [0.05, 0.1) is 23.9 Å². The summed E-state index contributed by atoms with van der Waals surface area (Å²) >= 11 is 9.53. The highest BCUT2D eigenvalue weighted by molar-refractivity contribution is 7.86. The fraction of sp³-hybridized carbons (Fsp3) is 0.500. The number of hydrogen-bond donors (Lipinski definition) is 6. The maximum atomic E-state index is 10.5. The monoisotopic (exact) mass is 420 g/mol. The molecule has 0 saturated heterocycles. The minimum Gasteiger partial charge on any atom is -0.360 e. The minimum absolute atomic E-state index is 0.0404. The standard InChI is InChI=1S/C8H16N6O6S4/c15-23(16,17)5-3-9-7(21)13-11-1-2-12-14-8(22)10-4-6-24(18,19)20/h1-2H,3-6H2,(H2,9,13,21)(H2,10,14,22)(H,15,16,17)(H,18,19,20)/b11-1+,12-2?. The Morgan fingerprint density at radius 1 is 0.833 bits per heavy atom. The van der Waals surface area contributed by atoms with Gasteiger partial charge in [-0.1, -0.05) is 0 Å². The van der Waals surface area contributed by atoms with Crippen LogP contribution in [0, 0.1) is 0 Å². The van der Waals surface area contributed by atoms with Crippen LogP contribution < -0.4 is 21.5 Å². The second-order valence-electron chi connectivity index (χ2n) is 3.86. The predicted octanol–water partition coefficient (Wildman–Crippen LogP) is -2.34. The SMILES string of the molecule is O=S(=O)(O)CCNC(=S)NN=C/C=N/NC(=S)NCCS(=O)(=O)O. The van der Waals surface area contributed by atoms with Gasteiger partial charge in [0.2, 0.25) is 0 Å². The largest absolute Gasteiger partial charge is 0.360 e. The van der Waals surface area contributed by atoms with Crippen molar-refractivity contribution in [2.24, 2.45) is 10.2 Å². The number of hydrogen-bond acceptors (Lipinski definition) is 8. The number of hydrazone groups is 2. The smallest absolute Gasteiger partial charge is 0.266 e. The fourth-order valence-electron chi connectivity index (χ4n) is 0.925. The summed E-state index contributed by atoms with van der Waals surface area (Å²) in [5, 5.41) is 12.3. The van der Waals surface area contributed by atoms with Crippen molar-refractivity contribution in [1.82, 2.24) is 21.5 Å². The molecule has 0 aromatic carbocycles. The van der Waals surface area contributed by atoms with Crippen LogP contribution in [0.2, 0.25) is 0 Å². The molecular weight excluding hydrogens is 404 g/mol. The normalized spacial score (nSPS) is 12.2. The Bertz CT molecular complexity index is 628. The third kappa shape index (κ3) is 16.9. The molecule has 0 radical (unpaired) electrons. The van der Waals surface area contributed by atoms with Crippen LogP contribution >= 0.6 is 24.4 Å². The lowest BCUT2D eigenvalue weighted by atomic mass is 10.7. The molecular formula is C8H16N6O6S4. The molecule has 0 unspecified atom stereocenters. The van der Waals surface area contributed by atoms with E-state index >= 15 is 0 Å². The van der Waals surface area contributed by atoms with Gasteiger partial charge in [-0.25, -0.2) is 0 Å². The molecule has 12 nitrogen and oxygen atoms in total. The van der Waals surface area contributed by atoms with Crippen molar-refractivity contribution in [3.8, 4) is 0 Å². The summed E-state index contributed by atoms with van der Waals surface area (Å²) in [5.41, 5.74) is 4.72. The first-order valence-electron chi connectivity index (χ1n) is 6.02. The Balaban J connectivity index is 3.84. The third-order valence-corrected chi connectivity index (χ3v) is 3.75. The lowest BCUT2D eigenvalue weighted by Gasteiger charge is -2.05. The summed E-state index contributed by atoms with van der Waals surface area (Å²) in [6.45, 7) is -0.168. The predicted molar refractivity (Wildman–Crippen MR) is 97.3 cm³/mol. The topological polar surface area (TPSA) is 182 Å². The molecule has 0 spiro atoms. The van der Waals surface area contributed by atoms with Gasteiger partial charge >= 0.3 is 0 Å². The van der Waals surface area contributed by atoms with E-state index in [0.717, 1.165) is 0 Å². The van der Waals surface area contributed by atoms with E-state index in [1.165, 1.54) is 12.4 Å². The summed E-state index contributed by atoms with van der Waals surface area (Å²) in [6, 6.07) is 0. The van der Waals surface area contributed by atoms with E-state index in [1.54, 1.807) is 0 Å². The maximum absolute atomic E-state index is 10.5. The van der Waals surface area contributed by atoms with Crippen LogP contribution in [0.15, 0.2) is 10.2 Å². The maximum Gasteiger partial charge on any atom is 0.266 e. The molecule has 0 bridgehead atoms. The molecule has 0 aliphatic heterocycles. The molecule has 0 aliphatic rings. The first kappa shape index (κ1) is 22.5. The Hall–Kier alpha value is -1.46. The molecule has 0 amide bonds. The van der Waals surface area contributed by atoms with Gasteiger partial charge in [0.25, 0.3) is 20.2 Å². The van der Waals surface area contributed by atoms with Crippen molar-refractivity contribution in [3.05, 3.63) is 0 Å². The van der Waals surface area contributed by atoms with E-state index in [4.69, 9.17) is 33.5 Å². The Morgan fingerprint density at radius 3 is 1.46 bits per heavy atom. The van der Waals surface area contributed by atoms with Gasteiger partial charge in [0.15, 0.2) is 10.2 Å². The molecule has 0 rings (SSSR count). The van der Waals surface area contributed by atoms with E-state index < -0.39 is 31.7 Å². The Morgan fingerprint density at radius 2 is 1.17 bits per heavy atom. The summed E-state index contributed by atoms with van der Waals surface area (Å²) in [4.78, 5) is 0. The van der Waals surface area contributed by atoms with Gasteiger partial charge in [0, 0.05) is 13.1 Å². The van der Waals surface area contributed by atoms with Gasteiger partial charge < -0.3 is 10.6 Å². The summed E-state index contributed by atoms with van der Waals surface area (Å²) in [7, 11) is -8.12. The van der Waals surface area contributed by atoms with Crippen LogP contribution in [0.25, 0.3) is 0 Å². The van der Waals surface area contributed by atoms with Crippen LogP contribution in [-0.2, 0) is 20.2 Å². The summed E-state index contributed by atoms with van der Waals surface area (Å²) in [5.74, 6) is -0.988. The van der Waals surface area contributed by atoms with E-state index in [2.05, 4.69) is 31.7 Å².